The van der Waals surface area contributed by atoms with Crippen molar-refractivity contribution in [2.45, 2.75) is 32.9 Å². The standard InChI is InChI=1S/C26H25Cl2N3O2/c1-3-4-12-31-24-11-9-19(26(32)29-16-17-6-5-7-20(13-17)33-2)15-23(24)30-25(31)18-8-10-21(27)22(28)14-18/h5-11,13-15H,3-4,12,16H2,1-2H3,(H,29,32). The molecule has 33 heavy (non-hydrogen) atoms. The van der Waals surface area contributed by atoms with E-state index in [0.29, 0.717) is 22.2 Å². The first kappa shape index (κ1) is 23.1. The van der Waals surface area contributed by atoms with Gasteiger partial charge in [0.15, 0.2) is 0 Å². The molecule has 1 N–H and O–H groups in total. The number of benzene rings is 3. The molecule has 0 fully saturated rings. The maximum Gasteiger partial charge on any atom is 0.251 e. The molecule has 0 unspecified atom stereocenters. The molecule has 5 nitrogen and oxygen atoms in total. The van der Waals surface area contributed by atoms with E-state index in [1.807, 2.05) is 54.6 Å². The van der Waals surface area contributed by atoms with Crippen molar-refractivity contribution >= 4 is 40.1 Å². The summed E-state index contributed by atoms with van der Waals surface area (Å²) in [6, 6.07) is 18.8. The van der Waals surface area contributed by atoms with E-state index in [-0.39, 0.29) is 5.91 Å². The van der Waals surface area contributed by atoms with Gasteiger partial charge in [-0.1, -0.05) is 48.7 Å². The Labute approximate surface area is 203 Å². The molecule has 7 heteroatoms. The first-order valence-electron chi connectivity index (χ1n) is 10.9. The Morgan fingerprint density at radius 1 is 1.06 bits per heavy atom. The zero-order valence-electron chi connectivity index (χ0n) is 18.6. The predicted molar refractivity (Wildman–Crippen MR) is 134 cm³/mol. The summed E-state index contributed by atoms with van der Waals surface area (Å²) in [6.07, 6.45) is 2.08. The highest BCUT2D eigenvalue weighted by atomic mass is 35.5. The SMILES string of the molecule is CCCCn1c(-c2ccc(Cl)c(Cl)c2)nc2cc(C(=O)NCc3cccc(OC)c3)ccc21. The summed E-state index contributed by atoms with van der Waals surface area (Å²) in [5, 5.41) is 3.96. The van der Waals surface area contributed by atoms with Crippen molar-refractivity contribution < 1.29 is 9.53 Å². The van der Waals surface area contributed by atoms with Crippen molar-refractivity contribution in [2.75, 3.05) is 7.11 Å². The van der Waals surface area contributed by atoms with Crippen LogP contribution in [0, 0.1) is 0 Å². The van der Waals surface area contributed by atoms with E-state index >= 15 is 0 Å². The number of aromatic nitrogens is 2. The third-order valence-corrected chi connectivity index (χ3v) is 6.25. The summed E-state index contributed by atoms with van der Waals surface area (Å²) in [5.74, 6) is 1.42. The molecule has 0 aliphatic rings. The largest absolute Gasteiger partial charge is 0.497 e. The number of fused-ring (bicyclic) bond motifs is 1. The van der Waals surface area contributed by atoms with Crippen LogP contribution in [0.5, 0.6) is 5.75 Å². The second-order valence-electron chi connectivity index (χ2n) is 7.81. The van der Waals surface area contributed by atoms with Gasteiger partial charge in [0.05, 0.1) is 28.2 Å². The van der Waals surface area contributed by atoms with E-state index in [0.717, 1.165) is 53.1 Å². The second kappa shape index (κ2) is 10.3. The van der Waals surface area contributed by atoms with Crippen LogP contribution >= 0.6 is 23.2 Å². The number of hydrogen-bond donors (Lipinski definition) is 1. The van der Waals surface area contributed by atoms with Crippen LogP contribution in [0.2, 0.25) is 10.0 Å². The molecule has 0 saturated carbocycles. The van der Waals surface area contributed by atoms with E-state index in [1.54, 1.807) is 13.2 Å². The summed E-state index contributed by atoms with van der Waals surface area (Å²) < 4.78 is 7.42. The number of nitrogens with zero attached hydrogens (tertiary/aromatic N) is 2. The molecule has 0 spiro atoms. The van der Waals surface area contributed by atoms with Crippen molar-refractivity contribution in [3.05, 3.63) is 81.8 Å². The number of imidazole rings is 1. The maximum atomic E-state index is 12.8. The lowest BCUT2D eigenvalue weighted by Gasteiger charge is -2.10. The summed E-state index contributed by atoms with van der Waals surface area (Å²) in [6.45, 7) is 3.39. The van der Waals surface area contributed by atoms with Crippen molar-refractivity contribution in [1.29, 1.82) is 0 Å². The Kier molecular flexibility index (Phi) is 7.21. The molecule has 1 heterocycles. The Morgan fingerprint density at radius 3 is 2.67 bits per heavy atom. The van der Waals surface area contributed by atoms with Gasteiger partial charge in [-0.05, 0) is 60.5 Å². The number of nitrogens with one attached hydrogen (secondary N) is 1. The molecular formula is C26H25Cl2N3O2. The van der Waals surface area contributed by atoms with Gasteiger partial charge in [-0.25, -0.2) is 4.98 Å². The first-order chi connectivity index (χ1) is 16.0. The molecule has 0 radical (unpaired) electrons. The fourth-order valence-corrected chi connectivity index (χ4v) is 4.03. The molecule has 170 valence electrons. The number of methoxy groups -OCH3 is 1. The molecule has 1 aromatic heterocycles. The van der Waals surface area contributed by atoms with Gasteiger partial charge in [0.25, 0.3) is 5.91 Å². The van der Waals surface area contributed by atoms with Gasteiger partial charge in [0.1, 0.15) is 11.6 Å². The van der Waals surface area contributed by atoms with Crippen LogP contribution in [-0.4, -0.2) is 22.6 Å². The minimum absolute atomic E-state index is 0.154. The molecule has 0 bridgehead atoms. The monoisotopic (exact) mass is 481 g/mol. The van der Waals surface area contributed by atoms with Crippen molar-refractivity contribution in [3.8, 4) is 17.1 Å². The molecule has 4 rings (SSSR count). The lowest BCUT2D eigenvalue weighted by atomic mass is 10.1. The van der Waals surface area contributed by atoms with Crippen LogP contribution in [0.1, 0.15) is 35.7 Å². The highest BCUT2D eigenvalue weighted by molar-refractivity contribution is 6.42. The summed E-state index contributed by atoms with van der Waals surface area (Å²) >= 11 is 12.4. The summed E-state index contributed by atoms with van der Waals surface area (Å²) in [5.41, 5.74) is 4.16. The van der Waals surface area contributed by atoms with Crippen molar-refractivity contribution in [3.63, 3.8) is 0 Å². The number of amides is 1. The minimum Gasteiger partial charge on any atom is -0.497 e. The van der Waals surface area contributed by atoms with E-state index in [9.17, 15) is 4.79 Å². The normalized spacial score (nSPS) is 11.0. The predicted octanol–water partition coefficient (Wildman–Crippen LogP) is 6.75. The number of aryl methyl sites for hydroxylation is 1. The Balaban J connectivity index is 1.63. The Bertz CT molecular complexity index is 1300. The highest BCUT2D eigenvalue weighted by Gasteiger charge is 2.16. The van der Waals surface area contributed by atoms with Crippen LogP contribution in [0.15, 0.2) is 60.7 Å². The second-order valence-corrected chi connectivity index (χ2v) is 8.62. The van der Waals surface area contributed by atoms with Crippen LogP contribution in [0.3, 0.4) is 0 Å². The zero-order chi connectivity index (χ0) is 23.4. The van der Waals surface area contributed by atoms with Crippen molar-refractivity contribution in [2.24, 2.45) is 0 Å². The molecule has 0 aliphatic carbocycles. The molecule has 1 amide bonds. The lowest BCUT2D eigenvalue weighted by Crippen LogP contribution is -2.22. The number of carbonyl (C=O) groups is 1. The van der Waals surface area contributed by atoms with Crippen molar-refractivity contribution in [1.82, 2.24) is 14.9 Å². The van der Waals surface area contributed by atoms with E-state index in [2.05, 4.69) is 16.8 Å². The molecule has 0 saturated heterocycles. The quantitative estimate of drug-likeness (QED) is 0.302. The number of rotatable bonds is 8. The van der Waals surface area contributed by atoms with Gasteiger partial charge < -0.3 is 14.6 Å². The minimum atomic E-state index is -0.154. The number of hydrogen-bond acceptors (Lipinski definition) is 3. The average molecular weight is 482 g/mol. The van der Waals surface area contributed by atoms with Gasteiger partial charge in [-0.3, -0.25) is 4.79 Å². The number of carbonyl (C=O) groups excluding carboxylic acids is 1. The summed E-state index contributed by atoms with van der Waals surface area (Å²) in [7, 11) is 1.62. The van der Waals surface area contributed by atoms with Gasteiger partial charge >= 0.3 is 0 Å². The number of ether oxygens (including phenoxy) is 1. The number of unbranched alkanes of at least 4 members (excludes halogenated alkanes) is 1. The fraction of sp³-hybridized carbons (Fsp3) is 0.231. The third-order valence-electron chi connectivity index (χ3n) is 5.51. The number of halogens is 2. The molecule has 3 aromatic carbocycles. The van der Waals surface area contributed by atoms with Gasteiger partial charge in [0.2, 0.25) is 0 Å². The lowest BCUT2D eigenvalue weighted by molar-refractivity contribution is 0.0951. The Hall–Kier alpha value is -3.02. The third kappa shape index (κ3) is 5.15. The van der Waals surface area contributed by atoms with Gasteiger partial charge in [0, 0.05) is 24.2 Å². The summed E-state index contributed by atoms with van der Waals surface area (Å²) in [4.78, 5) is 17.7. The van der Waals surface area contributed by atoms with Crippen LogP contribution in [0.4, 0.5) is 0 Å². The fourth-order valence-electron chi connectivity index (χ4n) is 3.74. The maximum absolute atomic E-state index is 12.8. The first-order valence-corrected chi connectivity index (χ1v) is 11.6. The van der Waals surface area contributed by atoms with Gasteiger partial charge in [-0.15, -0.1) is 0 Å². The van der Waals surface area contributed by atoms with Crippen LogP contribution in [-0.2, 0) is 13.1 Å². The molecule has 0 atom stereocenters. The van der Waals surface area contributed by atoms with E-state index < -0.39 is 0 Å². The molecule has 0 aliphatic heterocycles. The van der Waals surface area contributed by atoms with Gasteiger partial charge in [-0.2, -0.15) is 0 Å². The smallest absolute Gasteiger partial charge is 0.251 e. The van der Waals surface area contributed by atoms with E-state index in [1.165, 1.54) is 0 Å². The molecular weight excluding hydrogens is 457 g/mol. The van der Waals surface area contributed by atoms with Crippen LogP contribution < -0.4 is 10.1 Å². The van der Waals surface area contributed by atoms with Crippen LogP contribution in [0.25, 0.3) is 22.4 Å². The average Bonchev–Trinajstić information content (AvgIpc) is 3.20. The van der Waals surface area contributed by atoms with E-state index in [4.69, 9.17) is 32.9 Å². The topological polar surface area (TPSA) is 56.2 Å². The molecule has 4 aromatic rings. The highest BCUT2D eigenvalue weighted by Crippen LogP contribution is 2.31. The zero-order valence-corrected chi connectivity index (χ0v) is 20.1. The Morgan fingerprint density at radius 2 is 1.91 bits per heavy atom.